The molecule has 0 atom stereocenters. The van der Waals surface area contributed by atoms with E-state index in [0.29, 0.717) is 17.4 Å². The number of carbonyl (C=O) groups is 1. The molecule has 7 nitrogen and oxygen atoms in total. The van der Waals surface area contributed by atoms with Gasteiger partial charge in [-0.15, -0.1) is 0 Å². The van der Waals surface area contributed by atoms with E-state index in [0.717, 1.165) is 48.8 Å². The lowest BCUT2D eigenvalue weighted by molar-refractivity contribution is -0.117. The van der Waals surface area contributed by atoms with Gasteiger partial charge in [0.25, 0.3) is 0 Å². The maximum atomic E-state index is 11.5. The number of aromatic nitrogens is 1. The van der Waals surface area contributed by atoms with Gasteiger partial charge < -0.3 is 26.0 Å². The van der Waals surface area contributed by atoms with E-state index in [1.807, 2.05) is 42.5 Å². The van der Waals surface area contributed by atoms with Gasteiger partial charge in [-0.2, -0.15) is 0 Å². The minimum absolute atomic E-state index is 0.116. The van der Waals surface area contributed by atoms with E-state index in [4.69, 9.17) is 22.1 Å². The van der Waals surface area contributed by atoms with Gasteiger partial charge in [0.1, 0.15) is 5.82 Å². The van der Waals surface area contributed by atoms with Crippen molar-refractivity contribution in [2.45, 2.75) is 13.0 Å². The predicted molar refractivity (Wildman–Crippen MR) is 129 cm³/mol. The normalized spacial score (nSPS) is 13.6. The lowest BCUT2D eigenvalue weighted by Crippen LogP contribution is -2.36. The van der Waals surface area contributed by atoms with Crippen molar-refractivity contribution >= 4 is 40.4 Å². The van der Waals surface area contributed by atoms with Crippen LogP contribution in [0.3, 0.4) is 0 Å². The fourth-order valence-corrected chi connectivity index (χ4v) is 3.70. The number of rotatable bonds is 8. The van der Waals surface area contributed by atoms with Crippen LogP contribution in [-0.2, 0) is 22.5 Å². The Bertz CT molecular complexity index is 1050. The molecule has 8 heteroatoms. The Morgan fingerprint density at radius 2 is 1.81 bits per heavy atom. The first kappa shape index (κ1) is 21.9. The van der Waals surface area contributed by atoms with Crippen molar-refractivity contribution in [3.05, 3.63) is 76.9 Å². The van der Waals surface area contributed by atoms with E-state index in [-0.39, 0.29) is 6.42 Å². The van der Waals surface area contributed by atoms with E-state index in [9.17, 15) is 4.79 Å². The molecule has 32 heavy (non-hydrogen) atoms. The Morgan fingerprint density at radius 1 is 1.09 bits per heavy atom. The minimum Gasteiger partial charge on any atom is -0.381 e. The number of anilines is 4. The third-order valence-corrected chi connectivity index (χ3v) is 5.52. The van der Waals surface area contributed by atoms with Gasteiger partial charge in [0, 0.05) is 59.5 Å². The Hall–Kier alpha value is -3.29. The van der Waals surface area contributed by atoms with Crippen molar-refractivity contribution in [3.8, 4) is 0 Å². The molecule has 1 aromatic heterocycles. The van der Waals surface area contributed by atoms with Crippen LogP contribution >= 0.6 is 11.6 Å². The van der Waals surface area contributed by atoms with Gasteiger partial charge in [-0.3, -0.25) is 4.79 Å². The van der Waals surface area contributed by atoms with Crippen molar-refractivity contribution in [1.29, 1.82) is 0 Å². The van der Waals surface area contributed by atoms with Crippen LogP contribution in [0.2, 0.25) is 5.02 Å². The Morgan fingerprint density at radius 3 is 2.50 bits per heavy atom. The van der Waals surface area contributed by atoms with Crippen LogP contribution in [0.5, 0.6) is 0 Å². The van der Waals surface area contributed by atoms with E-state index in [2.05, 4.69) is 32.7 Å². The number of carbonyl (C=O) groups excluding carboxylic acids is 1. The molecule has 0 bridgehead atoms. The SMILES string of the molecule is NC(=O)Cc1cnc(Nc2ccc(N3CCOCC3)cc2)cc1NCc1ccc(Cl)cc1. The molecule has 0 saturated carbocycles. The lowest BCUT2D eigenvalue weighted by atomic mass is 10.1. The molecule has 0 aliphatic carbocycles. The van der Waals surface area contributed by atoms with Gasteiger partial charge in [-0.1, -0.05) is 23.7 Å². The molecule has 1 amide bonds. The quantitative estimate of drug-likeness (QED) is 0.480. The maximum Gasteiger partial charge on any atom is 0.221 e. The zero-order valence-electron chi connectivity index (χ0n) is 17.7. The van der Waals surface area contributed by atoms with Gasteiger partial charge >= 0.3 is 0 Å². The molecule has 3 aromatic rings. The molecule has 2 heterocycles. The summed E-state index contributed by atoms with van der Waals surface area (Å²) >= 11 is 5.97. The van der Waals surface area contributed by atoms with Crippen LogP contribution in [0.15, 0.2) is 60.8 Å². The monoisotopic (exact) mass is 451 g/mol. The highest BCUT2D eigenvalue weighted by atomic mass is 35.5. The highest BCUT2D eigenvalue weighted by Crippen LogP contribution is 2.25. The number of benzene rings is 2. The summed E-state index contributed by atoms with van der Waals surface area (Å²) in [6.45, 7) is 3.90. The first-order chi connectivity index (χ1) is 15.6. The zero-order valence-corrected chi connectivity index (χ0v) is 18.4. The molecule has 0 unspecified atom stereocenters. The molecule has 4 N–H and O–H groups in total. The molecule has 1 aliphatic heterocycles. The van der Waals surface area contributed by atoms with Gasteiger partial charge in [0.05, 0.1) is 19.6 Å². The number of halogens is 1. The molecule has 1 saturated heterocycles. The molecule has 2 aromatic carbocycles. The van der Waals surface area contributed by atoms with Crippen molar-refractivity contribution in [2.24, 2.45) is 5.73 Å². The lowest BCUT2D eigenvalue weighted by Gasteiger charge is -2.28. The van der Waals surface area contributed by atoms with Gasteiger partial charge in [0.2, 0.25) is 5.91 Å². The van der Waals surface area contributed by atoms with E-state index in [1.165, 1.54) is 5.69 Å². The van der Waals surface area contributed by atoms with Crippen molar-refractivity contribution in [2.75, 3.05) is 41.8 Å². The summed E-state index contributed by atoms with van der Waals surface area (Å²) in [5.74, 6) is 0.275. The topological polar surface area (TPSA) is 92.5 Å². The third-order valence-electron chi connectivity index (χ3n) is 5.26. The molecule has 1 fully saturated rings. The number of primary amides is 1. The average Bonchev–Trinajstić information content (AvgIpc) is 2.81. The maximum absolute atomic E-state index is 11.5. The summed E-state index contributed by atoms with van der Waals surface area (Å²) in [5, 5.41) is 7.41. The van der Waals surface area contributed by atoms with Gasteiger partial charge in [-0.05, 0) is 42.0 Å². The van der Waals surface area contributed by atoms with Crippen LogP contribution < -0.4 is 21.3 Å². The summed E-state index contributed by atoms with van der Waals surface area (Å²) in [7, 11) is 0. The zero-order chi connectivity index (χ0) is 22.3. The van der Waals surface area contributed by atoms with E-state index in [1.54, 1.807) is 6.20 Å². The fourth-order valence-electron chi connectivity index (χ4n) is 3.57. The Labute approximate surface area is 192 Å². The first-order valence-electron chi connectivity index (χ1n) is 10.5. The van der Waals surface area contributed by atoms with Crippen LogP contribution in [0.25, 0.3) is 0 Å². The van der Waals surface area contributed by atoms with Crippen molar-refractivity contribution in [3.63, 3.8) is 0 Å². The molecule has 0 radical (unpaired) electrons. The molecular formula is C24H26ClN5O2. The number of amides is 1. The predicted octanol–water partition coefficient (Wildman–Crippen LogP) is 3.96. The summed E-state index contributed by atoms with van der Waals surface area (Å²) in [6.07, 6.45) is 1.80. The second kappa shape index (κ2) is 10.3. The van der Waals surface area contributed by atoms with E-state index < -0.39 is 5.91 Å². The molecular weight excluding hydrogens is 426 g/mol. The summed E-state index contributed by atoms with van der Waals surface area (Å²) < 4.78 is 5.42. The number of pyridine rings is 1. The minimum atomic E-state index is -0.402. The molecule has 0 spiro atoms. The van der Waals surface area contributed by atoms with Crippen LogP contribution in [0, 0.1) is 0 Å². The van der Waals surface area contributed by atoms with Crippen LogP contribution in [0.4, 0.5) is 22.9 Å². The number of hydrogen-bond acceptors (Lipinski definition) is 6. The summed E-state index contributed by atoms with van der Waals surface area (Å²) in [5.41, 5.74) is 10.2. The van der Waals surface area contributed by atoms with E-state index >= 15 is 0 Å². The highest BCUT2D eigenvalue weighted by Gasteiger charge is 2.12. The fraction of sp³-hybridized carbons (Fsp3) is 0.250. The summed E-state index contributed by atoms with van der Waals surface area (Å²) in [6, 6.07) is 17.8. The number of nitrogens with one attached hydrogen (secondary N) is 2. The average molecular weight is 452 g/mol. The third kappa shape index (κ3) is 5.90. The number of ether oxygens (including phenoxy) is 1. The highest BCUT2D eigenvalue weighted by molar-refractivity contribution is 6.30. The van der Waals surface area contributed by atoms with Crippen LogP contribution in [-0.4, -0.2) is 37.2 Å². The van der Waals surface area contributed by atoms with Gasteiger partial charge in [0.15, 0.2) is 0 Å². The number of hydrogen-bond donors (Lipinski definition) is 3. The summed E-state index contributed by atoms with van der Waals surface area (Å²) in [4.78, 5) is 18.3. The molecule has 166 valence electrons. The largest absolute Gasteiger partial charge is 0.381 e. The number of morpholine rings is 1. The Kier molecular flexibility index (Phi) is 7.09. The van der Waals surface area contributed by atoms with Crippen LogP contribution in [0.1, 0.15) is 11.1 Å². The smallest absolute Gasteiger partial charge is 0.221 e. The number of nitrogens with zero attached hydrogens (tertiary/aromatic N) is 2. The Balaban J connectivity index is 1.47. The second-order valence-corrected chi connectivity index (χ2v) is 8.06. The molecule has 1 aliphatic rings. The second-order valence-electron chi connectivity index (χ2n) is 7.62. The number of nitrogens with two attached hydrogens (primary N) is 1. The standard InChI is InChI=1S/C24H26ClN5O2/c25-19-3-1-17(2-4-19)15-27-22-14-24(28-16-18(22)13-23(26)31)29-20-5-7-21(8-6-20)30-9-11-32-12-10-30/h1-8,14,16H,9-13,15H2,(H2,26,31)(H2,27,28,29). The van der Waals surface area contributed by atoms with Crippen molar-refractivity contribution in [1.82, 2.24) is 4.98 Å². The molecule has 4 rings (SSSR count). The van der Waals surface area contributed by atoms with Crippen molar-refractivity contribution < 1.29 is 9.53 Å². The first-order valence-corrected chi connectivity index (χ1v) is 10.9. The van der Waals surface area contributed by atoms with Gasteiger partial charge in [-0.25, -0.2) is 4.98 Å².